The van der Waals surface area contributed by atoms with E-state index in [4.69, 9.17) is 9.47 Å². The fraction of sp³-hybridized carbons (Fsp3) is 0.238. The van der Waals surface area contributed by atoms with Crippen molar-refractivity contribution < 1.29 is 19.1 Å². The molecule has 154 valence electrons. The predicted octanol–water partition coefficient (Wildman–Crippen LogP) is 2.48. The van der Waals surface area contributed by atoms with Gasteiger partial charge in [0.2, 0.25) is 17.8 Å². The maximum atomic E-state index is 12.7. The Morgan fingerprint density at radius 1 is 1.13 bits per heavy atom. The van der Waals surface area contributed by atoms with E-state index in [1.54, 1.807) is 43.4 Å². The van der Waals surface area contributed by atoms with Crippen LogP contribution in [-0.2, 0) is 9.59 Å². The van der Waals surface area contributed by atoms with Crippen molar-refractivity contribution in [2.75, 3.05) is 31.0 Å². The summed E-state index contributed by atoms with van der Waals surface area (Å²) in [5.41, 5.74) is 1.46. The second kappa shape index (κ2) is 8.24. The lowest BCUT2D eigenvalue weighted by Crippen LogP contribution is -2.28. The third-order valence-electron chi connectivity index (χ3n) is 4.96. The van der Waals surface area contributed by atoms with E-state index in [0.717, 1.165) is 11.3 Å². The summed E-state index contributed by atoms with van der Waals surface area (Å²) < 4.78 is 10.5. The van der Waals surface area contributed by atoms with Crippen LogP contribution in [0.2, 0.25) is 0 Å². The summed E-state index contributed by atoms with van der Waals surface area (Å²) in [6.45, 7) is 0.292. The van der Waals surface area contributed by atoms with Crippen LogP contribution in [0, 0.1) is 5.92 Å². The van der Waals surface area contributed by atoms with Gasteiger partial charge in [-0.05, 0) is 36.4 Å². The molecular weight excluding hydrogens is 386 g/mol. The third kappa shape index (κ3) is 3.82. The fourth-order valence-corrected chi connectivity index (χ4v) is 3.39. The van der Waals surface area contributed by atoms with Crippen LogP contribution in [-0.4, -0.2) is 47.8 Å². The molecular formula is C21H21N5O4. The van der Waals surface area contributed by atoms with Gasteiger partial charge in [-0.1, -0.05) is 12.1 Å². The molecule has 3 aromatic rings. The number of para-hydroxylation sites is 1. The van der Waals surface area contributed by atoms with Crippen molar-refractivity contribution in [3.05, 3.63) is 48.5 Å². The second-order valence-electron chi connectivity index (χ2n) is 6.80. The molecule has 1 atom stereocenters. The first kappa shape index (κ1) is 19.4. The largest absolute Gasteiger partial charge is 0.497 e. The maximum absolute atomic E-state index is 12.7. The van der Waals surface area contributed by atoms with Crippen LogP contribution >= 0.6 is 0 Å². The number of anilines is 2. The van der Waals surface area contributed by atoms with Gasteiger partial charge in [0, 0.05) is 18.7 Å². The number of carbonyl (C=O) groups is 2. The van der Waals surface area contributed by atoms with Gasteiger partial charge in [-0.25, -0.2) is 0 Å². The van der Waals surface area contributed by atoms with Crippen molar-refractivity contribution in [3.8, 4) is 22.9 Å². The molecule has 1 aliphatic heterocycles. The predicted molar refractivity (Wildman–Crippen MR) is 110 cm³/mol. The summed E-state index contributed by atoms with van der Waals surface area (Å²) in [5.74, 6) is 1.07. The standard InChI is InChI=1S/C21H21N5O4/c1-29-15-9-7-14(8-10-15)26-12-13(11-18(26)27)20(28)23-21-22-19(24-25-21)16-5-3-4-6-17(16)30-2/h3-10,13H,11-12H2,1-2H3,(H2,22,23,24,25,28)/t13-/m1/s1. The van der Waals surface area contributed by atoms with Gasteiger partial charge in [0.05, 0.1) is 25.7 Å². The number of hydrogen-bond acceptors (Lipinski definition) is 6. The van der Waals surface area contributed by atoms with Crippen molar-refractivity contribution in [1.82, 2.24) is 15.2 Å². The van der Waals surface area contributed by atoms with E-state index in [2.05, 4.69) is 20.5 Å². The highest BCUT2D eigenvalue weighted by molar-refractivity contribution is 6.03. The summed E-state index contributed by atoms with van der Waals surface area (Å²) in [7, 11) is 3.16. The molecule has 2 amide bonds. The number of aromatic nitrogens is 3. The summed E-state index contributed by atoms with van der Waals surface area (Å²) in [4.78, 5) is 31.0. The van der Waals surface area contributed by atoms with Gasteiger partial charge in [0.1, 0.15) is 11.5 Å². The van der Waals surface area contributed by atoms with Crippen molar-refractivity contribution >= 4 is 23.5 Å². The van der Waals surface area contributed by atoms with Crippen LogP contribution in [0.4, 0.5) is 11.6 Å². The topological polar surface area (TPSA) is 109 Å². The smallest absolute Gasteiger partial charge is 0.249 e. The molecule has 1 aliphatic rings. The Morgan fingerprint density at radius 3 is 2.63 bits per heavy atom. The molecule has 30 heavy (non-hydrogen) atoms. The molecule has 1 fully saturated rings. The molecule has 2 N–H and O–H groups in total. The molecule has 2 aromatic carbocycles. The lowest BCUT2D eigenvalue weighted by Gasteiger charge is -2.16. The van der Waals surface area contributed by atoms with Gasteiger partial charge in [-0.15, -0.1) is 5.10 Å². The van der Waals surface area contributed by atoms with Crippen molar-refractivity contribution in [1.29, 1.82) is 0 Å². The van der Waals surface area contributed by atoms with Crippen molar-refractivity contribution in [3.63, 3.8) is 0 Å². The van der Waals surface area contributed by atoms with E-state index in [-0.39, 0.29) is 24.2 Å². The van der Waals surface area contributed by atoms with E-state index in [1.165, 1.54) is 0 Å². The van der Waals surface area contributed by atoms with E-state index in [0.29, 0.717) is 23.9 Å². The molecule has 0 saturated carbocycles. The third-order valence-corrected chi connectivity index (χ3v) is 4.96. The number of rotatable bonds is 6. The highest BCUT2D eigenvalue weighted by atomic mass is 16.5. The number of amides is 2. The van der Waals surface area contributed by atoms with E-state index >= 15 is 0 Å². The number of carbonyl (C=O) groups excluding carboxylic acids is 2. The van der Waals surface area contributed by atoms with Crippen LogP contribution in [0.15, 0.2) is 48.5 Å². The molecule has 9 nitrogen and oxygen atoms in total. The average molecular weight is 407 g/mol. The Hall–Kier alpha value is -3.88. The molecule has 2 heterocycles. The first-order valence-corrected chi connectivity index (χ1v) is 9.40. The summed E-state index contributed by atoms with van der Waals surface area (Å²) in [5, 5.41) is 9.55. The van der Waals surface area contributed by atoms with Crippen LogP contribution in [0.25, 0.3) is 11.4 Å². The first-order valence-electron chi connectivity index (χ1n) is 9.40. The number of hydrogen-bond donors (Lipinski definition) is 2. The zero-order chi connectivity index (χ0) is 21.1. The number of aromatic amines is 1. The Bertz CT molecular complexity index is 1060. The zero-order valence-corrected chi connectivity index (χ0v) is 16.6. The van der Waals surface area contributed by atoms with Crippen LogP contribution in [0.1, 0.15) is 6.42 Å². The van der Waals surface area contributed by atoms with Crippen molar-refractivity contribution in [2.45, 2.75) is 6.42 Å². The monoisotopic (exact) mass is 407 g/mol. The molecule has 1 aromatic heterocycles. The minimum absolute atomic E-state index is 0.106. The van der Waals surface area contributed by atoms with E-state index in [1.807, 2.05) is 24.3 Å². The zero-order valence-electron chi connectivity index (χ0n) is 16.6. The molecule has 4 rings (SSSR count). The van der Waals surface area contributed by atoms with Crippen molar-refractivity contribution in [2.24, 2.45) is 5.92 Å². The summed E-state index contributed by atoms with van der Waals surface area (Å²) >= 11 is 0. The van der Waals surface area contributed by atoms with Gasteiger partial charge in [-0.2, -0.15) is 4.98 Å². The Labute approximate surface area is 173 Å². The quantitative estimate of drug-likeness (QED) is 0.650. The molecule has 0 bridgehead atoms. The number of H-pyrrole nitrogens is 1. The van der Waals surface area contributed by atoms with Gasteiger partial charge < -0.3 is 14.4 Å². The number of nitrogens with zero attached hydrogens (tertiary/aromatic N) is 3. The fourth-order valence-electron chi connectivity index (χ4n) is 3.39. The molecule has 0 unspecified atom stereocenters. The summed E-state index contributed by atoms with van der Waals surface area (Å²) in [6.07, 6.45) is 0.127. The molecule has 9 heteroatoms. The molecule has 0 radical (unpaired) electrons. The second-order valence-corrected chi connectivity index (χ2v) is 6.80. The van der Waals surface area contributed by atoms with Crippen LogP contribution < -0.4 is 19.7 Å². The number of benzene rings is 2. The number of ether oxygens (including phenoxy) is 2. The SMILES string of the molecule is COc1ccc(N2C[C@H](C(=O)Nc3n[nH]c(-c4ccccc4OC)n3)CC2=O)cc1. The van der Waals surface area contributed by atoms with Gasteiger partial charge >= 0.3 is 0 Å². The van der Waals surface area contributed by atoms with Crippen LogP contribution in [0.5, 0.6) is 11.5 Å². The van der Waals surface area contributed by atoms with Crippen LogP contribution in [0.3, 0.4) is 0 Å². The van der Waals surface area contributed by atoms with Gasteiger partial charge in [0.15, 0.2) is 5.82 Å². The highest BCUT2D eigenvalue weighted by Crippen LogP contribution is 2.29. The molecule has 1 saturated heterocycles. The number of methoxy groups -OCH3 is 2. The highest BCUT2D eigenvalue weighted by Gasteiger charge is 2.35. The normalized spacial score (nSPS) is 15.9. The minimum atomic E-state index is -0.493. The lowest BCUT2D eigenvalue weighted by atomic mass is 10.1. The molecule has 0 aliphatic carbocycles. The first-order chi connectivity index (χ1) is 14.6. The Morgan fingerprint density at radius 2 is 1.90 bits per heavy atom. The maximum Gasteiger partial charge on any atom is 0.249 e. The van der Waals surface area contributed by atoms with E-state index < -0.39 is 5.92 Å². The summed E-state index contributed by atoms with van der Waals surface area (Å²) in [6, 6.07) is 14.5. The van der Waals surface area contributed by atoms with Gasteiger partial charge in [0.25, 0.3) is 0 Å². The van der Waals surface area contributed by atoms with E-state index in [9.17, 15) is 9.59 Å². The van der Waals surface area contributed by atoms with Gasteiger partial charge in [-0.3, -0.25) is 20.0 Å². The Kier molecular flexibility index (Phi) is 5.34. The molecule has 0 spiro atoms. The number of nitrogens with one attached hydrogen (secondary N) is 2. The average Bonchev–Trinajstić information content (AvgIpc) is 3.40. The Balaban J connectivity index is 1.43. The lowest BCUT2D eigenvalue weighted by molar-refractivity contribution is -0.122. The minimum Gasteiger partial charge on any atom is -0.497 e.